The summed E-state index contributed by atoms with van der Waals surface area (Å²) in [6, 6.07) is 7.19. The van der Waals surface area contributed by atoms with E-state index in [1.807, 2.05) is 12.1 Å². The molecule has 0 radical (unpaired) electrons. The molecule has 2 heterocycles. The van der Waals surface area contributed by atoms with Crippen LogP contribution in [0.15, 0.2) is 29.2 Å². The minimum absolute atomic E-state index is 0.340. The molecule has 4 rings (SSSR count). The van der Waals surface area contributed by atoms with E-state index in [-0.39, 0.29) is 5.60 Å². The summed E-state index contributed by atoms with van der Waals surface area (Å²) in [4.78, 5) is 27.6. The number of benzene rings is 1. The van der Waals surface area contributed by atoms with E-state index in [1.165, 1.54) is 11.8 Å². The van der Waals surface area contributed by atoms with Crippen LogP contribution in [0, 0.1) is 5.92 Å². The number of carbonyl (C=O) groups excluding carboxylic acids is 2. The molecule has 1 aromatic rings. The summed E-state index contributed by atoms with van der Waals surface area (Å²) in [5.41, 5.74) is 0.817. The fraction of sp³-hybridized carbons (Fsp3) is 0.565. The molecule has 1 aliphatic carbocycles. The molecule has 1 unspecified atom stereocenters. The van der Waals surface area contributed by atoms with Gasteiger partial charge < -0.3 is 19.5 Å². The number of aliphatic hydroxyl groups is 1. The van der Waals surface area contributed by atoms with Crippen molar-refractivity contribution in [2.75, 3.05) is 38.6 Å². The highest BCUT2D eigenvalue weighted by atomic mass is 32.2. The van der Waals surface area contributed by atoms with Crippen molar-refractivity contribution in [3.63, 3.8) is 0 Å². The summed E-state index contributed by atoms with van der Waals surface area (Å²) in [7, 11) is 0. The first-order valence-corrected chi connectivity index (χ1v) is 11.6. The quantitative estimate of drug-likeness (QED) is 0.694. The first kappa shape index (κ1) is 21.6. The average molecular weight is 432 g/mol. The fourth-order valence-corrected chi connectivity index (χ4v) is 5.45. The van der Waals surface area contributed by atoms with Crippen LogP contribution in [0.3, 0.4) is 0 Å². The second-order valence-electron chi connectivity index (χ2n) is 8.82. The Morgan fingerprint density at radius 1 is 1.13 bits per heavy atom. The summed E-state index contributed by atoms with van der Waals surface area (Å²) >= 11 is 1.45. The van der Waals surface area contributed by atoms with Gasteiger partial charge in [-0.15, -0.1) is 11.8 Å². The van der Waals surface area contributed by atoms with Crippen molar-refractivity contribution in [2.45, 2.75) is 38.4 Å². The molecule has 0 saturated carbocycles. The molecule has 1 aromatic carbocycles. The molecular weight excluding hydrogens is 402 g/mol. The molecule has 1 saturated heterocycles. The number of hydrogen-bond acceptors (Lipinski definition) is 7. The van der Waals surface area contributed by atoms with Gasteiger partial charge in [-0.1, -0.05) is 38.1 Å². The maximum Gasteiger partial charge on any atom is 0.243 e. The molecule has 0 bridgehead atoms. The van der Waals surface area contributed by atoms with Gasteiger partial charge in [0.05, 0.1) is 12.7 Å². The van der Waals surface area contributed by atoms with Crippen molar-refractivity contribution in [1.82, 2.24) is 4.90 Å². The average Bonchev–Trinajstić information content (AvgIpc) is 2.73. The van der Waals surface area contributed by atoms with E-state index in [4.69, 9.17) is 9.47 Å². The first-order chi connectivity index (χ1) is 14.4. The van der Waals surface area contributed by atoms with Gasteiger partial charge in [0.2, 0.25) is 11.6 Å². The first-order valence-electron chi connectivity index (χ1n) is 10.6. The number of β-amino-alcohol motifs (C(OH)–C–C–N with tert-alkyl or cyclic N) is 1. The number of ketones is 2. The number of fused-ring (bicyclic) bond motifs is 2. The molecule has 6 nitrogen and oxygen atoms in total. The lowest BCUT2D eigenvalue weighted by molar-refractivity contribution is -0.111. The smallest absolute Gasteiger partial charge is 0.243 e. The predicted octanol–water partition coefficient (Wildman–Crippen LogP) is 2.75. The van der Waals surface area contributed by atoms with Crippen molar-refractivity contribution in [2.24, 2.45) is 5.92 Å². The second-order valence-corrected chi connectivity index (χ2v) is 9.81. The maximum atomic E-state index is 12.5. The highest BCUT2D eigenvalue weighted by Crippen LogP contribution is 2.47. The highest BCUT2D eigenvalue weighted by Gasteiger charge is 2.45. The lowest BCUT2D eigenvalue weighted by atomic mass is 9.90. The Balaban J connectivity index is 1.39. The van der Waals surface area contributed by atoms with Crippen molar-refractivity contribution in [3.05, 3.63) is 40.3 Å². The molecule has 0 amide bonds. The van der Waals surface area contributed by atoms with Gasteiger partial charge >= 0.3 is 0 Å². The molecule has 3 aliphatic rings. The van der Waals surface area contributed by atoms with Gasteiger partial charge in [-0.25, -0.2) is 0 Å². The van der Waals surface area contributed by atoms with E-state index >= 15 is 0 Å². The van der Waals surface area contributed by atoms with Gasteiger partial charge in [0.15, 0.2) is 0 Å². The molecule has 1 spiro atoms. The minimum Gasteiger partial charge on any atom is -0.484 e. The number of thioether (sulfide) groups is 1. The van der Waals surface area contributed by atoms with Gasteiger partial charge in [-0.3, -0.25) is 9.59 Å². The number of piperidine rings is 1. The molecule has 1 N–H and O–H groups in total. The Morgan fingerprint density at radius 3 is 2.53 bits per heavy atom. The number of ether oxygens (including phenoxy) is 2. The van der Waals surface area contributed by atoms with Gasteiger partial charge in [0.25, 0.3) is 0 Å². The zero-order chi connectivity index (χ0) is 21.3. The monoisotopic (exact) mass is 431 g/mol. The van der Waals surface area contributed by atoms with Crippen molar-refractivity contribution in [1.29, 1.82) is 0 Å². The van der Waals surface area contributed by atoms with E-state index in [9.17, 15) is 14.7 Å². The normalized spacial score (nSPS) is 22.1. The molecule has 162 valence electrons. The number of aliphatic hydroxyl groups excluding tert-OH is 1. The maximum absolute atomic E-state index is 12.5. The lowest BCUT2D eigenvalue weighted by Crippen LogP contribution is -2.51. The van der Waals surface area contributed by atoms with Gasteiger partial charge in [0.1, 0.15) is 16.3 Å². The van der Waals surface area contributed by atoms with Crippen molar-refractivity contribution < 1.29 is 24.2 Å². The summed E-state index contributed by atoms with van der Waals surface area (Å²) in [5, 5.41) is 10.3. The zero-order valence-corrected chi connectivity index (χ0v) is 18.4. The number of allylic oxidation sites excluding steroid dienone is 1. The summed E-state index contributed by atoms with van der Waals surface area (Å²) in [6.07, 6.45) is 1.14. The van der Waals surface area contributed by atoms with E-state index in [0.29, 0.717) is 47.7 Å². The standard InChI is InChI=1S/C23H29NO5S/c1-15(2)12-28-13-16(25)11-24-9-7-23(8-10-24)14-30-22-20(27)19(26)17-5-3-4-6-18(17)21(22)29-23/h3-6,15-16,25H,7-14H2,1-2H3. The van der Waals surface area contributed by atoms with Crippen LogP contribution in [0.5, 0.6) is 0 Å². The van der Waals surface area contributed by atoms with E-state index in [1.54, 1.807) is 12.1 Å². The summed E-state index contributed by atoms with van der Waals surface area (Å²) in [5.74, 6) is 0.799. The van der Waals surface area contributed by atoms with E-state index in [0.717, 1.165) is 31.5 Å². The van der Waals surface area contributed by atoms with Crippen LogP contribution in [0.25, 0.3) is 5.76 Å². The fourth-order valence-electron chi connectivity index (χ4n) is 4.19. The SMILES string of the molecule is CC(C)COCC(O)CN1CCC2(CC1)CSC1=C(O2)c2ccccc2C(=O)C1=O. The van der Waals surface area contributed by atoms with Crippen LogP contribution in [-0.4, -0.2) is 71.9 Å². The van der Waals surface area contributed by atoms with Crippen LogP contribution in [0.1, 0.15) is 42.6 Å². The Morgan fingerprint density at radius 2 is 1.83 bits per heavy atom. The number of carbonyl (C=O) groups is 2. The lowest BCUT2D eigenvalue weighted by Gasteiger charge is -2.45. The summed E-state index contributed by atoms with van der Waals surface area (Å²) in [6.45, 7) is 7.42. The Labute approximate surface area is 181 Å². The molecule has 1 atom stereocenters. The number of Topliss-reactive ketones (excluding diaryl/α,β-unsaturated/α-hetero) is 2. The minimum atomic E-state index is -0.498. The van der Waals surface area contributed by atoms with Crippen LogP contribution in [-0.2, 0) is 14.3 Å². The van der Waals surface area contributed by atoms with Crippen molar-refractivity contribution >= 4 is 29.1 Å². The number of nitrogens with zero attached hydrogens (tertiary/aromatic N) is 1. The largest absolute Gasteiger partial charge is 0.484 e. The Kier molecular flexibility index (Phi) is 6.34. The molecule has 30 heavy (non-hydrogen) atoms. The van der Waals surface area contributed by atoms with Gasteiger partial charge in [-0.05, 0) is 5.92 Å². The van der Waals surface area contributed by atoms with Crippen LogP contribution >= 0.6 is 11.8 Å². The second kappa shape index (κ2) is 8.83. The van der Waals surface area contributed by atoms with E-state index < -0.39 is 17.7 Å². The van der Waals surface area contributed by atoms with E-state index in [2.05, 4.69) is 18.7 Å². The topological polar surface area (TPSA) is 76.1 Å². The number of rotatable bonds is 6. The molecule has 0 aromatic heterocycles. The Hall–Kier alpha value is -1.67. The summed E-state index contributed by atoms with van der Waals surface area (Å²) < 4.78 is 12.0. The van der Waals surface area contributed by atoms with Gasteiger partial charge in [-0.2, -0.15) is 0 Å². The van der Waals surface area contributed by atoms with Gasteiger partial charge in [0, 0.05) is 56.0 Å². The molecular formula is C23H29NO5S. The van der Waals surface area contributed by atoms with Crippen LogP contribution in [0.4, 0.5) is 0 Å². The molecule has 1 fully saturated rings. The highest BCUT2D eigenvalue weighted by molar-refractivity contribution is 8.04. The predicted molar refractivity (Wildman–Crippen MR) is 116 cm³/mol. The third-order valence-corrected chi connectivity index (χ3v) is 7.16. The molecule has 2 aliphatic heterocycles. The third-order valence-electron chi connectivity index (χ3n) is 5.83. The number of hydrogen-bond donors (Lipinski definition) is 1. The van der Waals surface area contributed by atoms with Crippen LogP contribution in [0.2, 0.25) is 0 Å². The Bertz CT molecular complexity index is 857. The van der Waals surface area contributed by atoms with Crippen LogP contribution < -0.4 is 0 Å². The van der Waals surface area contributed by atoms with Crippen molar-refractivity contribution in [3.8, 4) is 0 Å². The molecule has 7 heteroatoms. The zero-order valence-electron chi connectivity index (χ0n) is 17.6. The number of likely N-dealkylation sites (tertiary alicyclic amines) is 1. The third kappa shape index (κ3) is 4.35.